The molecule has 3 aromatic heterocycles. The van der Waals surface area contributed by atoms with Gasteiger partial charge in [-0.05, 0) is 55.7 Å². The molecule has 0 bridgehead atoms. The van der Waals surface area contributed by atoms with Crippen LogP contribution in [0, 0.1) is 20.8 Å². The fourth-order valence-electron chi connectivity index (χ4n) is 3.87. The van der Waals surface area contributed by atoms with E-state index in [1.807, 2.05) is 72.8 Å². The van der Waals surface area contributed by atoms with Crippen LogP contribution in [0.15, 0.2) is 106 Å². The average Bonchev–Trinajstić information content (AvgIpc) is 2.92. The summed E-state index contributed by atoms with van der Waals surface area (Å²) < 4.78 is 0. The van der Waals surface area contributed by atoms with Gasteiger partial charge in [-0.2, -0.15) is 0 Å². The zero-order valence-electron chi connectivity index (χ0n) is 20.6. The Morgan fingerprint density at radius 2 is 0.703 bits per heavy atom. The van der Waals surface area contributed by atoms with Crippen molar-refractivity contribution in [1.29, 1.82) is 0 Å². The molecular weight excluding hydrogens is 601 g/mol. The molecule has 186 valence electrons. The van der Waals surface area contributed by atoms with E-state index in [0.717, 1.165) is 47.4 Å². The molecule has 3 aromatic carbocycles. The first-order valence-corrected chi connectivity index (χ1v) is 12.6. The Kier molecular flexibility index (Phi) is 10.2. The molecule has 0 fully saturated rings. The van der Waals surface area contributed by atoms with Crippen molar-refractivity contribution in [2.75, 3.05) is 0 Å². The molecule has 0 saturated heterocycles. The Balaban J connectivity index is 0.000000152. The molecule has 0 amide bonds. The van der Waals surface area contributed by atoms with Crippen LogP contribution in [-0.4, -0.2) is 15.0 Å². The Hall–Kier alpha value is -2.83. The van der Waals surface area contributed by atoms with Gasteiger partial charge in [0.05, 0.1) is 16.6 Å². The summed E-state index contributed by atoms with van der Waals surface area (Å²) in [7, 11) is 0. The molecule has 3 heterocycles. The van der Waals surface area contributed by atoms with Crippen molar-refractivity contribution in [2.24, 2.45) is 0 Å². The molecule has 0 N–H and O–H groups in total. The van der Waals surface area contributed by atoms with Crippen LogP contribution in [0.4, 0.5) is 0 Å². The fourth-order valence-corrected chi connectivity index (χ4v) is 4.56. The van der Waals surface area contributed by atoms with E-state index in [4.69, 9.17) is 37.9 Å². The maximum Gasteiger partial charge on any atom is 3.00 e. The molecule has 6 aromatic rings. The summed E-state index contributed by atoms with van der Waals surface area (Å²) in [6, 6.07) is 23.8. The van der Waals surface area contributed by atoms with Gasteiger partial charge in [0, 0.05) is 34.7 Å². The summed E-state index contributed by atoms with van der Waals surface area (Å²) in [5.41, 5.74) is 6.50. The minimum atomic E-state index is 0. The maximum atomic E-state index is 5.15. The van der Waals surface area contributed by atoms with Gasteiger partial charge in [0.15, 0.2) is 0 Å². The van der Waals surface area contributed by atoms with Gasteiger partial charge in [-0.3, -0.25) is 15.0 Å². The normalized spacial score (nSPS) is 10.1. The quantitative estimate of drug-likeness (QED) is 0.130. The molecular formula is C30H24N3RhS3. The van der Waals surface area contributed by atoms with Crippen LogP contribution in [0.2, 0.25) is 0 Å². The van der Waals surface area contributed by atoms with Crippen LogP contribution >= 0.6 is 0 Å². The van der Waals surface area contributed by atoms with Gasteiger partial charge in [0.1, 0.15) is 0 Å². The number of hydrogen-bond acceptors (Lipinski definition) is 6. The van der Waals surface area contributed by atoms with Crippen LogP contribution in [0.3, 0.4) is 0 Å². The summed E-state index contributed by atoms with van der Waals surface area (Å²) in [4.78, 5) is 15.2. The summed E-state index contributed by atoms with van der Waals surface area (Å²) in [5.74, 6) is 0. The number of fused-ring (bicyclic) bond motifs is 3. The van der Waals surface area contributed by atoms with Crippen molar-refractivity contribution in [3.8, 4) is 0 Å². The van der Waals surface area contributed by atoms with Crippen molar-refractivity contribution in [2.45, 2.75) is 35.5 Å². The summed E-state index contributed by atoms with van der Waals surface area (Å²) >= 11 is 15.5. The molecule has 6 rings (SSSR count). The standard InChI is InChI=1S/3C10H9NS.Rh/c3*1-7-4-5-9(12)10-8(7)3-2-6-11-10;/h3*2-6,12H,1H3;/q;;;+3/p-3. The van der Waals surface area contributed by atoms with E-state index in [2.05, 4.69) is 35.7 Å². The topological polar surface area (TPSA) is 38.7 Å². The summed E-state index contributed by atoms with van der Waals surface area (Å²) in [5, 5.41) is 3.47. The number of pyridine rings is 3. The minimum absolute atomic E-state index is 0. The first-order valence-electron chi connectivity index (χ1n) is 11.4. The van der Waals surface area contributed by atoms with Crippen LogP contribution < -0.4 is 0 Å². The first kappa shape index (κ1) is 28.7. The first-order chi connectivity index (χ1) is 17.4. The third-order valence-corrected chi connectivity index (χ3v) is 6.84. The second-order valence-corrected chi connectivity index (χ2v) is 9.66. The SMILES string of the molecule is Cc1ccc([S-])c2ncccc12.Cc1ccc([S-])c2ncccc12.Cc1ccc([S-])c2ncccc12.[Rh+3]. The van der Waals surface area contributed by atoms with E-state index >= 15 is 0 Å². The summed E-state index contributed by atoms with van der Waals surface area (Å²) in [6.45, 7) is 6.20. The van der Waals surface area contributed by atoms with Crippen molar-refractivity contribution in [3.05, 3.63) is 108 Å². The molecule has 7 heteroatoms. The molecule has 0 aliphatic rings. The Bertz CT molecular complexity index is 1350. The van der Waals surface area contributed by atoms with Crippen molar-refractivity contribution in [3.63, 3.8) is 0 Å². The summed E-state index contributed by atoms with van der Waals surface area (Å²) in [6.07, 6.45) is 5.33. The van der Waals surface area contributed by atoms with Crippen LogP contribution in [-0.2, 0) is 57.4 Å². The molecule has 37 heavy (non-hydrogen) atoms. The maximum absolute atomic E-state index is 5.15. The monoisotopic (exact) mass is 625 g/mol. The average molecular weight is 626 g/mol. The van der Waals surface area contributed by atoms with Gasteiger partial charge >= 0.3 is 19.5 Å². The number of rotatable bonds is 0. The number of nitrogens with zero attached hydrogens (tertiary/aromatic N) is 3. The number of aryl methyl sites for hydroxylation is 3. The van der Waals surface area contributed by atoms with E-state index in [9.17, 15) is 0 Å². The molecule has 0 radical (unpaired) electrons. The van der Waals surface area contributed by atoms with Gasteiger partial charge in [-0.25, -0.2) is 0 Å². The molecule has 3 nitrogen and oxygen atoms in total. The molecule has 0 atom stereocenters. The fraction of sp³-hybridized carbons (Fsp3) is 0.100. The molecule has 0 aliphatic heterocycles. The van der Waals surface area contributed by atoms with Crippen molar-refractivity contribution >= 4 is 70.6 Å². The Morgan fingerprint density at radius 1 is 0.432 bits per heavy atom. The van der Waals surface area contributed by atoms with Gasteiger partial charge in [-0.15, -0.1) is 14.7 Å². The van der Waals surface area contributed by atoms with E-state index in [-0.39, 0.29) is 19.5 Å². The second kappa shape index (κ2) is 13.1. The van der Waals surface area contributed by atoms with Gasteiger partial charge in [-0.1, -0.05) is 54.6 Å². The zero-order valence-corrected chi connectivity index (χ0v) is 24.6. The minimum Gasteiger partial charge on any atom is -0.778 e. The number of aromatic nitrogens is 3. The zero-order chi connectivity index (χ0) is 25.7. The van der Waals surface area contributed by atoms with E-state index in [1.165, 1.54) is 16.7 Å². The van der Waals surface area contributed by atoms with Gasteiger partial charge in [0.25, 0.3) is 0 Å². The molecule has 0 spiro atoms. The Morgan fingerprint density at radius 3 is 0.946 bits per heavy atom. The van der Waals surface area contributed by atoms with Crippen LogP contribution in [0.5, 0.6) is 0 Å². The van der Waals surface area contributed by atoms with E-state index < -0.39 is 0 Å². The smallest absolute Gasteiger partial charge is 0.778 e. The Labute approximate surface area is 247 Å². The van der Waals surface area contributed by atoms with Crippen LogP contribution in [0.25, 0.3) is 32.7 Å². The number of hydrogen-bond donors (Lipinski definition) is 0. The predicted molar refractivity (Wildman–Crippen MR) is 156 cm³/mol. The molecule has 0 aliphatic carbocycles. The van der Waals surface area contributed by atoms with Gasteiger partial charge < -0.3 is 37.9 Å². The second-order valence-electron chi connectivity index (χ2n) is 8.34. The largest absolute Gasteiger partial charge is 3.00 e. The molecule has 0 unspecified atom stereocenters. The van der Waals surface area contributed by atoms with Gasteiger partial charge in [0.2, 0.25) is 0 Å². The predicted octanol–water partition coefficient (Wildman–Crippen LogP) is 7.34. The third kappa shape index (κ3) is 6.74. The van der Waals surface area contributed by atoms with Crippen LogP contribution in [0.1, 0.15) is 16.7 Å². The van der Waals surface area contributed by atoms with Crippen molar-refractivity contribution in [1.82, 2.24) is 15.0 Å². The molecule has 0 saturated carbocycles. The van der Waals surface area contributed by atoms with Crippen molar-refractivity contribution < 1.29 is 19.5 Å². The third-order valence-electron chi connectivity index (χ3n) is 5.85. The van der Waals surface area contributed by atoms with E-state index in [0.29, 0.717) is 0 Å². The van der Waals surface area contributed by atoms with E-state index in [1.54, 1.807) is 18.6 Å². The number of benzene rings is 3.